The normalized spacial score (nSPS) is 15.4. The highest BCUT2D eigenvalue weighted by Crippen LogP contribution is 2.38. The van der Waals surface area contributed by atoms with Gasteiger partial charge >= 0.3 is 6.48 Å². The fourth-order valence-corrected chi connectivity index (χ4v) is 3.09. The van der Waals surface area contributed by atoms with Crippen molar-refractivity contribution in [3.05, 3.63) is 48.0 Å². The van der Waals surface area contributed by atoms with Gasteiger partial charge in [0.2, 0.25) is 5.91 Å². The molecule has 0 fully saturated rings. The van der Waals surface area contributed by atoms with Crippen LogP contribution in [0.3, 0.4) is 0 Å². The highest BCUT2D eigenvalue weighted by Gasteiger charge is 2.32. The maximum absolute atomic E-state index is 12.8. The highest BCUT2D eigenvalue weighted by atomic mass is 16.9. The summed E-state index contributed by atoms with van der Waals surface area (Å²) in [4.78, 5) is 37.7. The largest absolute Gasteiger partial charge is 0.428 e. The number of benzene rings is 2. The summed E-state index contributed by atoms with van der Waals surface area (Å²) in [6, 6.07) is 10.7. The molecule has 2 aromatic rings. The van der Waals surface area contributed by atoms with Gasteiger partial charge in [-0.15, -0.1) is 0 Å². The van der Waals surface area contributed by atoms with Crippen molar-refractivity contribution in [1.82, 2.24) is 10.2 Å². The molecule has 0 aromatic heterocycles. The number of rotatable bonds is 7. The molecule has 2 atom stereocenters. The molecule has 2 amide bonds. The van der Waals surface area contributed by atoms with Crippen LogP contribution in [0.25, 0.3) is 11.1 Å². The number of methoxy groups -OCH3 is 1. The molecule has 9 heteroatoms. The molecule has 2 aromatic carbocycles. The summed E-state index contributed by atoms with van der Waals surface area (Å²) in [7, 11) is 4.17. The van der Waals surface area contributed by atoms with Crippen LogP contribution in [0.1, 0.15) is 10.4 Å². The predicted molar refractivity (Wildman–Crippen MR) is 106 cm³/mol. The van der Waals surface area contributed by atoms with E-state index >= 15 is 0 Å². The quantitative estimate of drug-likeness (QED) is 0.644. The first-order valence-electron chi connectivity index (χ1n) is 9.12. The summed E-state index contributed by atoms with van der Waals surface area (Å²) in [6.45, 7) is -1.62. The van der Waals surface area contributed by atoms with Crippen LogP contribution in [0.15, 0.2) is 42.5 Å². The molecule has 0 spiro atoms. The van der Waals surface area contributed by atoms with E-state index in [2.05, 4.69) is 5.32 Å². The van der Waals surface area contributed by atoms with E-state index < -0.39 is 36.7 Å². The van der Waals surface area contributed by atoms with Crippen molar-refractivity contribution in [1.29, 1.82) is 0 Å². The number of nitrogens with one attached hydrogen (secondary N) is 1. The summed E-state index contributed by atoms with van der Waals surface area (Å²) >= 11 is 0. The number of ether oxygens (including phenoxy) is 3. The molecule has 0 radical (unpaired) electrons. The van der Waals surface area contributed by atoms with E-state index in [1.807, 2.05) is 6.07 Å². The molecule has 3 rings (SSSR count). The monoisotopic (exact) mass is 414 g/mol. The minimum atomic E-state index is -1.41. The maximum atomic E-state index is 12.8. The van der Waals surface area contributed by atoms with Crippen LogP contribution >= 0.6 is 0 Å². The molecule has 2 N–H and O–H groups in total. The number of Topliss-reactive ketones (excluding diaryl/α,β-unsaturated/α-hetero) is 1. The Kier molecular flexibility index (Phi) is 6.34. The van der Waals surface area contributed by atoms with E-state index in [0.717, 1.165) is 16.0 Å². The summed E-state index contributed by atoms with van der Waals surface area (Å²) < 4.78 is 16.0. The van der Waals surface area contributed by atoms with Gasteiger partial charge in [0.15, 0.2) is 23.3 Å². The van der Waals surface area contributed by atoms with Gasteiger partial charge < -0.3 is 29.5 Å². The van der Waals surface area contributed by atoms with Crippen molar-refractivity contribution in [2.75, 3.05) is 27.8 Å². The van der Waals surface area contributed by atoms with Crippen LogP contribution in [0.5, 0.6) is 11.5 Å². The molecule has 30 heavy (non-hydrogen) atoms. The maximum Gasteiger partial charge on any atom is 0.360 e. The van der Waals surface area contributed by atoms with Crippen LogP contribution in [0.4, 0.5) is 0 Å². The number of amides is 2. The lowest BCUT2D eigenvalue weighted by molar-refractivity contribution is -0.157. The molecule has 0 aliphatic carbocycles. The van der Waals surface area contributed by atoms with Crippen LogP contribution in [0, 0.1) is 0 Å². The minimum Gasteiger partial charge on any atom is -0.428 e. The first-order valence-corrected chi connectivity index (χ1v) is 9.12. The Morgan fingerprint density at radius 3 is 2.33 bits per heavy atom. The Morgan fingerprint density at radius 1 is 1.10 bits per heavy atom. The topological polar surface area (TPSA) is 114 Å². The second-order valence-electron chi connectivity index (χ2n) is 6.56. The lowest BCUT2D eigenvalue weighted by atomic mass is 10.0. The zero-order valence-corrected chi connectivity index (χ0v) is 16.7. The van der Waals surface area contributed by atoms with Gasteiger partial charge in [0.25, 0.3) is 5.91 Å². The number of aliphatic hydroxyl groups excluding tert-OH is 1. The van der Waals surface area contributed by atoms with Crippen molar-refractivity contribution in [3.63, 3.8) is 0 Å². The zero-order chi connectivity index (χ0) is 21.8. The smallest absolute Gasteiger partial charge is 0.360 e. The molecule has 1 heterocycles. The number of carbonyl (C=O) groups excluding carboxylic acids is 3. The van der Waals surface area contributed by atoms with Crippen molar-refractivity contribution in [2.45, 2.75) is 12.5 Å². The molecule has 158 valence electrons. The molecule has 9 nitrogen and oxygen atoms in total. The second kappa shape index (κ2) is 8.93. The minimum absolute atomic E-state index is 0.293. The van der Waals surface area contributed by atoms with E-state index in [4.69, 9.17) is 19.3 Å². The van der Waals surface area contributed by atoms with Gasteiger partial charge in [0.05, 0.1) is 0 Å². The third-order valence-electron chi connectivity index (χ3n) is 4.71. The molecule has 1 aliphatic heterocycles. The highest BCUT2D eigenvalue weighted by molar-refractivity contribution is 6.10. The lowest BCUT2D eigenvalue weighted by Crippen LogP contribution is -2.52. The Bertz CT molecular complexity index is 942. The molecule has 2 unspecified atom stereocenters. The van der Waals surface area contributed by atoms with E-state index in [1.54, 1.807) is 36.4 Å². The fraction of sp³-hybridized carbons (Fsp3) is 0.286. The number of aliphatic hydroxyl groups is 1. The SMILES string of the molecule is CNC(=O)C(C(=O)CO)N(C)C(=O)c1ccc(-c2ccc3c(c2)OC(OC)O3)cc1. The Hall–Kier alpha value is -3.43. The van der Waals surface area contributed by atoms with E-state index in [9.17, 15) is 14.4 Å². The fourth-order valence-electron chi connectivity index (χ4n) is 3.09. The summed E-state index contributed by atoms with van der Waals surface area (Å²) in [5.41, 5.74) is 1.97. The summed E-state index contributed by atoms with van der Waals surface area (Å²) in [6.07, 6.45) is 0. The Morgan fingerprint density at radius 2 is 1.73 bits per heavy atom. The van der Waals surface area contributed by atoms with Crippen molar-refractivity contribution in [2.24, 2.45) is 0 Å². The second-order valence-corrected chi connectivity index (χ2v) is 6.56. The van der Waals surface area contributed by atoms with E-state index in [0.29, 0.717) is 17.1 Å². The molecular weight excluding hydrogens is 392 g/mol. The molecule has 0 saturated heterocycles. The average Bonchev–Trinajstić information content (AvgIpc) is 3.20. The average molecular weight is 414 g/mol. The number of nitrogens with zero attached hydrogens (tertiary/aromatic N) is 1. The zero-order valence-electron chi connectivity index (χ0n) is 16.7. The van der Waals surface area contributed by atoms with Gasteiger partial charge in [-0.25, -0.2) is 0 Å². The number of ketones is 1. The summed E-state index contributed by atoms with van der Waals surface area (Å²) in [5, 5.41) is 11.4. The Labute approximate surface area is 173 Å². The number of hydrogen-bond acceptors (Lipinski definition) is 7. The first-order chi connectivity index (χ1) is 14.4. The van der Waals surface area contributed by atoms with Crippen molar-refractivity contribution in [3.8, 4) is 22.6 Å². The van der Waals surface area contributed by atoms with Gasteiger partial charge in [-0.3, -0.25) is 14.4 Å². The van der Waals surface area contributed by atoms with Crippen molar-refractivity contribution < 1.29 is 33.7 Å². The predicted octanol–water partition coefficient (Wildman–Crippen LogP) is 0.803. The van der Waals surface area contributed by atoms with Crippen LogP contribution in [0.2, 0.25) is 0 Å². The van der Waals surface area contributed by atoms with Gasteiger partial charge in [0, 0.05) is 26.8 Å². The third-order valence-corrected chi connectivity index (χ3v) is 4.71. The molecule has 0 bridgehead atoms. The number of hydrogen-bond donors (Lipinski definition) is 2. The van der Waals surface area contributed by atoms with Crippen molar-refractivity contribution >= 4 is 17.6 Å². The third kappa shape index (κ3) is 4.12. The first kappa shape index (κ1) is 21.3. The molecule has 1 aliphatic rings. The summed E-state index contributed by atoms with van der Waals surface area (Å²) in [5.74, 6) is -0.832. The standard InChI is InChI=1S/C21H22N2O7/c1-22-19(26)18(15(25)11-24)23(2)20(27)13-6-4-12(5-7-13)14-8-9-16-17(10-14)30-21(28-3)29-16/h4-10,18,21,24H,11H2,1-3H3,(H,22,26). The number of fused-ring (bicyclic) bond motifs is 1. The van der Waals surface area contributed by atoms with Gasteiger partial charge in [-0.05, 0) is 35.4 Å². The van der Waals surface area contributed by atoms with Gasteiger partial charge in [-0.2, -0.15) is 0 Å². The van der Waals surface area contributed by atoms with Crippen LogP contribution in [-0.2, 0) is 14.3 Å². The van der Waals surface area contributed by atoms with Crippen LogP contribution in [-0.4, -0.2) is 67.9 Å². The number of likely N-dealkylation sites (N-methyl/N-ethyl adjacent to an activating group) is 2. The molecule has 0 saturated carbocycles. The Balaban J connectivity index is 1.79. The molecular formula is C21H22N2O7. The lowest BCUT2D eigenvalue weighted by Gasteiger charge is -2.25. The van der Waals surface area contributed by atoms with Gasteiger partial charge in [0.1, 0.15) is 6.61 Å². The van der Waals surface area contributed by atoms with E-state index in [1.165, 1.54) is 21.2 Å². The van der Waals surface area contributed by atoms with Gasteiger partial charge in [-0.1, -0.05) is 18.2 Å². The van der Waals surface area contributed by atoms with Crippen LogP contribution < -0.4 is 14.8 Å². The number of carbonyl (C=O) groups is 3. The van der Waals surface area contributed by atoms with E-state index in [-0.39, 0.29) is 0 Å².